The van der Waals surface area contributed by atoms with E-state index in [9.17, 15) is 4.79 Å². The van der Waals surface area contributed by atoms with Crippen LogP contribution in [0.2, 0.25) is 0 Å². The van der Waals surface area contributed by atoms with E-state index < -0.39 is 0 Å². The van der Waals surface area contributed by atoms with E-state index in [1.54, 1.807) is 6.20 Å². The molecule has 1 heterocycles. The molecule has 0 aromatic carbocycles. The molecule has 1 N–H and O–H groups in total. The van der Waals surface area contributed by atoms with Gasteiger partial charge < -0.3 is 5.32 Å². The van der Waals surface area contributed by atoms with E-state index in [0.717, 1.165) is 5.03 Å². The summed E-state index contributed by atoms with van der Waals surface area (Å²) in [6, 6.07) is 7.53. The Morgan fingerprint density at radius 3 is 3.13 bits per heavy atom. The van der Waals surface area contributed by atoms with E-state index in [1.807, 2.05) is 24.3 Å². The number of amides is 1. The molecule has 0 atom stereocenters. The Balaban J connectivity index is 2.20. The molecule has 0 saturated carbocycles. The minimum atomic E-state index is -0.0686. The van der Waals surface area contributed by atoms with Crippen molar-refractivity contribution in [2.75, 3.05) is 12.3 Å². The third kappa shape index (κ3) is 5.03. The summed E-state index contributed by atoms with van der Waals surface area (Å²) in [6.07, 6.45) is 2.04. The van der Waals surface area contributed by atoms with Crippen molar-refractivity contribution >= 4 is 17.7 Å². The maximum atomic E-state index is 11.2. The molecule has 5 heteroatoms. The summed E-state index contributed by atoms with van der Waals surface area (Å²) in [6.45, 7) is 0.415. The highest BCUT2D eigenvalue weighted by Gasteiger charge is 2.01. The molecule has 0 radical (unpaired) electrons. The third-order valence-electron chi connectivity index (χ3n) is 1.55. The number of hydrogen-bond donors (Lipinski definition) is 1. The van der Waals surface area contributed by atoms with Crippen molar-refractivity contribution in [3.63, 3.8) is 0 Å². The number of nitriles is 1. The van der Waals surface area contributed by atoms with Crippen LogP contribution in [0.5, 0.6) is 0 Å². The number of carbonyl (C=O) groups is 1. The second-order valence-electron chi connectivity index (χ2n) is 2.71. The SMILES string of the molecule is N#CCCNC(=O)CSc1ccccn1. The van der Waals surface area contributed by atoms with Gasteiger partial charge >= 0.3 is 0 Å². The van der Waals surface area contributed by atoms with E-state index in [4.69, 9.17) is 5.26 Å². The second-order valence-corrected chi connectivity index (χ2v) is 3.71. The van der Waals surface area contributed by atoms with Gasteiger partial charge in [-0.15, -0.1) is 0 Å². The lowest BCUT2D eigenvalue weighted by Crippen LogP contribution is -2.25. The lowest BCUT2D eigenvalue weighted by atomic mass is 10.4. The van der Waals surface area contributed by atoms with Gasteiger partial charge in [-0.3, -0.25) is 4.79 Å². The summed E-state index contributed by atoms with van der Waals surface area (Å²) >= 11 is 1.38. The molecule has 0 bridgehead atoms. The first-order valence-corrected chi connectivity index (χ1v) is 5.49. The zero-order chi connectivity index (χ0) is 10.9. The van der Waals surface area contributed by atoms with Crippen LogP contribution < -0.4 is 5.32 Å². The normalized spacial score (nSPS) is 9.27. The quantitative estimate of drug-likeness (QED) is 0.599. The van der Waals surface area contributed by atoms with Crippen molar-refractivity contribution in [1.29, 1.82) is 5.26 Å². The largest absolute Gasteiger partial charge is 0.354 e. The lowest BCUT2D eigenvalue weighted by molar-refractivity contribution is -0.118. The van der Waals surface area contributed by atoms with Crippen LogP contribution >= 0.6 is 11.8 Å². The molecule has 1 aromatic heterocycles. The number of hydrogen-bond acceptors (Lipinski definition) is 4. The Morgan fingerprint density at radius 1 is 1.60 bits per heavy atom. The molecule has 0 saturated heterocycles. The molecule has 1 amide bonds. The average Bonchev–Trinajstić information content (AvgIpc) is 2.28. The van der Waals surface area contributed by atoms with Crippen LogP contribution in [-0.4, -0.2) is 23.2 Å². The highest BCUT2D eigenvalue weighted by atomic mass is 32.2. The molecule has 0 fully saturated rings. The number of pyridine rings is 1. The monoisotopic (exact) mass is 221 g/mol. The van der Waals surface area contributed by atoms with E-state index in [-0.39, 0.29) is 5.91 Å². The fraction of sp³-hybridized carbons (Fsp3) is 0.300. The van der Waals surface area contributed by atoms with Crippen LogP contribution in [0.3, 0.4) is 0 Å². The highest BCUT2D eigenvalue weighted by molar-refractivity contribution is 7.99. The summed E-state index contributed by atoms with van der Waals surface area (Å²) in [4.78, 5) is 15.3. The van der Waals surface area contributed by atoms with Crippen molar-refractivity contribution in [2.24, 2.45) is 0 Å². The van der Waals surface area contributed by atoms with Gasteiger partial charge in [0.15, 0.2) is 0 Å². The smallest absolute Gasteiger partial charge is 0.230 e. The topological polar surface area (TPSA) is 65.8 Å². The number of aromatic nitrogens is 1. The van der Waals surface area contributed by atoms with Gasteiger partial charge in [-0.05, 0) is 12.1 Å². The first-order chi connectivity index (χ1) is 7.33. The van der Waals surface area contributed by atoms with Crippen molar-refractivity contribution in [2.45, 2.75) is 11.4 Å². The molecule has 0 aliphatic rings. The van der Waals surface area contributed by atoms with Crippen LogP contribution in [0.25, 0.3) is 0 Å². The average molecular weight is 221 g/mol. The minimum Gasteiger partial charge on any atom is -0.354 e. The van der Waals surface area contributed by atoms with E-state index in [2.05, 4.69) is 10.3 Å². The second kappa shape index (κ2) is 6.85. The van der Waals surface area contributed by atoms with Crippen LogP contribution in [0.1, 0.15) is 6.42 Å². The molecular formula is C10H11N3OS. The molecule has 0 aliphatic carbocycles. The molecular weight excluding hydrogens is 210 g/mol. The first kappa shape index (κ1) is 11.5. The molecule has 78 valence electrons. The Kier molecular flexibility index (Phi) is 5.26. The number of nitrogens with one attached hydrogen (secondary N) is 1. The van der Waals surface area contributed by atoms with Gasteiger partial charge in [0.2, 0.25) is 5.91 Å². The van der Waals surface area contributed by atoms with E-state index in [0.29, 0.717) is 18.7 Å². The van der Waals surface area contributed by atoms with Crippen LogP contribution in [0.4, 0.5) is 0 Å². The minimum absolute atomic E-state index is 0.0686. The molecule has 0 unspecified atom stereocenters. The van der Waals surface area contributed by atoms with E-state index in [1.165, 1.54) is 11.8 Å². The number of rotatable bonds is 5. The molecule has 0 aliphatic heterocycles. The van der Waals surface area contributed by atoms with Crippen LogP contribution in [-0.2, 0) is 4.79 Å². The summed E-state index contributed by atoms with van der Waals surface area (Å²) in [7, 11) is 0. The summed E-state index contributed by atoms with van der Waals surface area (Å²) in [5.74, 6) is 0.267. The molecule has 15 heavy (non-hydrogen) atoms. The molecule has 0 spiro atoms. The zero-order valence-corrected chi connectivity index (χ0v) is 8.96. The summed E-state index contributed by atoms with van der Waals surface area (Å²) in [5, 5.41) is 11.7. The zero-order valence-electron chi connectivity index (χ0n) is 8.14. The van der Waals surface area contributed by atoms with Crippen molar-refractivity contribution in [1.82, 2.24) is 10.3 Å². The van der Waals surface area contributed by atoms with Gasteiger partial charge in [-0.1, -0.05) is 17.8 Å². The van der Waals surface area contributed by atoms with Gasteiger partial charge in [0.1, 0.15) is 0 Å². The maximum Gasteiger partial charge on any atom is 0.230 e. The maximum absolute atomic E-state index is 11.2. The number of thioether (sulfide) groups is 1. The Hall–Kier alpha value is -1.54. The van der Waals surface area contributed by atoms with Gasteiger partial charge in [0, 0.05) is 12.7 Å². The Morgan fingerprint density at radius 2 is 2.47 bits per heavy atom. The Bertz CT molecular complexity index is 347. The van der Waals surface area contributed by atoms with Gasteiger partial charge in [-0.2, -0.15) is 5.26 Å². The van der Waals surface area contributed by atoms with Gasteiger partial charge in [-0.25, -0.2) is 4.98 Å². The molecule has 4 nitrogen and oxygen atoms in total. The highest BCUT2D eigenvalue weighted by Crippen LogP contribution is 2.12. The predicted octanol–water partition coefficient (Wildman–Crippen LogP) is 1.20. The Labute approximate surface area is 92.7 Å². The van der Waals surface area contributed by atoms with Gasteiger partial charge in [0.25, 0.3) is 0 Å². The van der Waals surface area contributed by atoms with Gasteiger partial charge in [0.05, 0.1) is 23.3 Å². The predicted molar refractivity (Wildman–Crippen MR) is 58.2 cm³/mol. The van der Waals surface area contributed by atoms with Crippen molar-refractivity contribution < 1.29 is 4.79 Å². The van der Waals surface area contributed by atoms with Crippen molar-refractivity contribution in [3.05, 3.63) is 24.4 Å². The summed E-state index contributed by atoms with van der Waals surface area (Å²) in [5.41, 5.74) is 0. The standard InChI is InChI=1S/C10H11N3OS/c11-5-3-7-12-9(14)8-15-10-4-1-2-6-13-10/h1-2,4,6H,3,7-8H2,(H,12,14). The fourth-order valence-electron chi connectivity index (χ4n) is 0.881. The third-order valence-corrected chi connectivity index (χ3v) is 2.49. The number of carbonyl (C=O) groups excluding carboxylic acids is 1. The first-order valence-electron chi connectivity index (χ1n) is 4.50. The van der Waals surface area contributed by atoms with Crippen LogP contribution in [0, 0.1) is 11.3 Å². The summed E-state index contributed by atoms with van der Waals surface area (Å²) < 4.78 is 0. The molecule has 1 aromatic rings. The molecule has 1 rings (SSSR count). The lowest BCUT2D eigenvalue weighted by Gasteiger charge is -2.01. The van der Waals surface area contributed by atoms with Crippen molar-refractivity contribution in [3.8, 4) is 6.07 Å². The number of nitrogens with zero attached hydrogens (tertiary/aromatic N) is 2. The fourth-order valence-corrected chi connectivity index (χ4v) is 1.57. The van der Waals surface area contributed by atoms with E-state index >= 15 is 0 Å². The van der Waals surface area contributed by atoms with Crippen LogP contribution in [0.15, 0.2) is 29.4 Å².